The Bertz CT molecular complexity index is 103. The van der Waals surface area contributed by atoms with E-state index in [4.69, 9.17) is 0 Å². The van der Waals surface area contributed by atoms with E-state index in [1.165, 1.54) is 12.8 Å². The molecule has 2 nitrogen and oxygen atoms in total. The number of rotatable bonds is 1. The van der Waals surface area contributed by atoms with E-state index in [0.29, 0.717) is 6.04 Å². The molecule has 0 unspecified atom stereocenters. The smallest absolute Gasteiger partial charge is 0.0695 e. The summed E-state index contributed by atoms with van der Waals surface area (Å²) in [4.78, 5) is 2.13. The fourth-order valence-corrected chi connectivity index (χ4v) is 1.69. The Morgan fingerprint density at radius 3 is 2.20 bits per heavy atom. The van der Waals surface area contributed by atoms with Crippen LogP contribution >= 0.6 is 0 Å². The van der Waals surface area contributed by atoms with Gasteiger partial charge in [0.15, 0.2) is 0 Å². The molecule has 0 radical (unpaired) electrons. The Morgan fingerprint density at radius 2 is 1.80 bits per heavy atom. The lowest BCUT2D eigenvalue weighted by Crippen LogP contribution is -2.41. The molecule has 10 heavy (non-hydrogen) atoms. The van der Waals surface area contributed by atoms with Crippen LogP contribution in [0.25, 0.3) is 0 Å². The number of likely N-dealkylation sites (N-methyl/N-ethyl adjacent to an activating group) is 1. The second kappa shape index (κ2) is 3.35. The molecule has 60 valence electrons. The predicted octanol–water partition coefficient (Wildman–Crippen LogP) is 0.851. The first kappa shape index (κ1) is 8.02. The molecule has 0 heterocycles. The van der Waals surface area contributed by atoms with Crippen LogP contribution in [0, 0.1) is 0 Å². The Kier molecular flexibility index (Phi) is 2.69. The molecule has 2 atom stereocenters. The summed E-state index contributed by atoms with van der Waals surface area (Å²) in [6.45, 7) is 0. The highest BCUT2D eigenvalue weighted by molar-refractivity contribution is 4.79. The van der Waals surface area contributed by atoms with Gasteiger partial charge in [-0.1, -0.05) is 12.8 Å². The largest absolute Gasteiger partial charge is 0.391 e. The molecule has 0 aliphatic heterocycles. The Balaban J connectivity index is 2.40. The van der Waals surface area contributed by atoms with Gasteiger partial charge in [-0.3, -0.25) is 0 Å². The van der Waals surface area contributed by atoms with Crippen molar-refractivity contribution in [2.75, 3.05) is 14.1 Å². The molecule has 0 aromatic carbocycles. The summed E-state index contributed by atoms with van der Waals surface area (Å²) >= 11 is 0. The minimum atomic E-state index is -0.0799. The number of aliphatic hydroxyl groups is 1. The topological polar surface area (TPSA) is 23.5 Å². The second-order valence-electron chi connectivity index (χ2n) is 3.38. The SMILES string of the molecule is CN(C)[C@H]1CCCC[C@@H]1O. The molecule has 0 aromatic heterocycles. The van der Waals surface area contributed by atoms with Gasteiger partial charge >= 0.3 is 0 Å². The van der Waals surface area contributed by atoms with Crippen LogP contribution in [0.5, 0.6) is 0 Å². The van der Waals surface area contributed by atoms with Crippen LogP contribution in [0.1, 0.15) is 25.7 Å². The summed E-state index contributed by atoms with van der Waals surface area (Å²) in [5, 5.41) is 9.50. The number of hydrogen-bond donors (Lipinski definition) is 1. The van der Waals surface area contributed by atoms with E-state index in [9.17, 15) is 5.11 Å². The summed E-state index contributed by atoms with van der Waals surface area (Å²) in [5.41, 5.74) is 0. The molecule has 2 heteroatoms. The molecule has 0 aromatic rings. The highest BCUT2D eigenvalue weighted by atomic mass is 16.3. The summed E-state index contributed by atoms with van der Waals surface area (Å²) in [7, 11) is 4.08. The highest BCUT2D eigenvalue weighted by Crippen LogP contribution is 2.20. The molecule has 0 amide bonds. The molecule has 1 rings (SSSR count). The van der Waals surface area contributed by atoms with Gasteiger partial charge in [-0.2, -0.15) is 0 Å². The van der Waals surface area contributed by atoms with E-state index in [-0.39, 0.29) is 6.10 Å². The standard InChI is InChI=1S/C8H17NO/c1-9(2)7-5-3-4-6-8(7)10/h7-8,10H,3-6H2,1-2H3/t7-,8-/m0/s1. The molecule has 1 fully saturated rings. The maximum absolute atomic E-state index is 9.50. The molecular formula is C8H17NO. The van der Waals surface area contributed by atoms with Crippen LogP contribution < -0.4 is 0 Å². The van der Waals surface area contributed by atoms with Gasteiger partial charge in [0, 0.05) is 6.04 Å². The van der Waals surface area contributed by atoms with Crippen LogP contribution in [0.2, 0.25) is 0 Å². The maximum atomic E-state index is 9.50. The molecule has 1 aliphatic rings. The van der Waals surface area contributed by atoms with Gasteiger partial charge in [0.1, 0.15) is 0 Å². The first-order valence-corrected chi connectivity index (χ1v) is 4.06. The van der Waals surface area contributed by atoms with Crippen LogP contribution in [-0.2, 0) is 0 Å². The van der Waals surface area contributed by atoms with E-state index in [1.54, 1.807) is 0 Å². The van der Waals surface area contributed by atoms with Gasteiger partial charge in [-0.25, -0.2) is 0 Å². The van der Waals surface area contributed by atoms with Crippen molar-refractivity contribution in [1.29, 1.82) is 0 Å². The Morgan fingerprint density at radius 1 is 1.20 bits per heavy atom. The van der Waals surface area contributed by atoms with Crippen LogP contribution in [0.4, 0.5) is 0 Å². The third kappa shape index (κ3) is 1.70. The zero-order valence-corrected chi connectivity index (χ0v) is 6.88. The van der Waals surface area contributed by atoms with Crippen molar-refractivity contribution in [1.82, 2.24) is 4.90 Å². The second-order valence-corrected chi connectivity index (χ2v) is 3.38. The van der Waals surface area contributed by atoms with Crippen molar-refractivity contribution in [2.45, 2.75) is 37.8 Å². The molecule has 1 saturated carbocycles. The minimum absolute atomic E-state index is 0.0799. The van der Waals surface area contributed by atoms with Crippen LogP contribution in [0.3, 0.4) is 0 Å². The lowest BCUT2D eigenvalue weighted by Gasteiger charge is -2.32. The van der Waals surface area contributed by atoms with Gasteiger partial charge in [0.25, 0.3) is 0 Å². The normalized spacial score (nSPS) is 34.8. The predicted molar refractivity (Wildman–Crippen MR) is 41.9 cm³/mol. The average Bonchev–Trinajstić information content (AvgIpc) is 1.88. The van der Waals surface area contributed by atoms with Gasteiger partial charge in [0.05, 0.1) is 6.10 Å². The summed E-state index contributed by atoms with van der Waals surface area (Å²) in [5.74, 6) is 0. The lowest BCUT2D eigenvalue weighted by molar-refractivity contribution is 0.0435. The quantitative estimate of drug-likeness (QED) is 0.588. The van der Waals surface area contributed by atoms with Gasteiger partial charge < -0.3 is 10.0 Å². The van der Waals surface area contributed by atoms with Crippen LogP contribution in [-0.4, -0.2) is 36.2 Å². The number of nitrogens with zero attached hydrogens (tertiary/aromatic N) is 1. The Labute approximate surface area is 62.8 Å². The fourth-order valence-electron chi connectivity index (χ4n) is 1.69. The summed E-state index contributed by atoms with van der Waals surface area (Å²) in [6, 6.07) is 0.411. The van der Waals surface area contributed by atoms with Crippen molar-refractivity contribution in [2.24, 2.45) is 0 Å². The van der Waals surface area contributed by atoms with E-state index in [0.717, 1.165) is 12.8 Å². The third-order valence-corrected chi connectivity index (χ3v) is 2.36. The molecule has 1 N–H and O–H groups in total. The average molecular weight is 143 g/mol. The fraction of sp³-hybridized carbons (Fsp3) is 1.00. The summed E-state index contributed by atoms with van der Waals surface area (Å²) < 4.78 is 0. The number of aliphatic hydroxyl groups excluding tert-OH is 1. The first-order chi connectivity index (χ1) is 4.72. The monoisotopic (exact) mass is 143 g/mol. The lowest BCUT2D eigenvalue weighted by atomic mass is 9.92. The number of hydrogen-bond acceptors (Lipinski definition) is 2. The minimum Gasteiger partial charge on any atom is -0.391 e. The highest BCUT2D eigenvalue weighted by Gasteiger charge is 2.23. The van der Waals surface area contributed by atoms with Crippen molar-refractivity contribution >= 4 is 0 Å². The van der Waals surface area contributed by atoms with Gasteiger partial charge in [-0.05, 0) is 26.9 Å². The van der Waals surface area contributed by atoms with E-state index in [2.05, 4.69) is 4.90 Å². The molecular weight excluding hydrogens is 126 g/mol. The van der Waals surface area contributed by atoms with Crippen LogP contribution in [0.15, 0.2) is 0 Å². The molecule has 0 saturated heterocycles. The summed E-state index contributed by atoms with van der Waals surface area (Å²) in [6.07, 6.45) is 4.55. The van der Waals surface area contributed by atoms with E-state index in [1.807, 2.05) is 14.1 Å². The molecule has 0 bridgehead atoms. The van der Waals surface area contributed by atoms with E-state index >= 15 is 0 Å². The molecule has 0 spiro atoms. The van der Waals surface area contributed by atoms with Crippen molar-refractivity contribution in [3.8, 4) is 0 Å². The molecule has 1 aliphatic carbocycles. The van der Waals surface area contributed by atoms with E-state index < -0.39 is 0 Å². The van der Waals surface area contributed by atoms with Crippen molar-refractivity contribution in [3.05, 3.63) is 0 Å². The van der Waals surface area contributed by atoms with Gasteiger partial charge in [0.2, 0.25) is 0 Å². The third-order valence-electron chi connectivity index (χ3n) is 2.36. The van der Waals surface area contributed by atoms with Gasteiger partial charge in [-0.15, -0.1) is 0 Å². The zero-order valence-electron chi connectivity index (χ0n) is 6.88. The Hall–Kier alpha value is -0.0800. The maximum Gasteiger partial charge on any atom is 0.0695 e. The zero-order chi connectivity index (χ0) is 7.56. The van der Waals surface area contributed by atoms with Crippen molar-refractivity contribution < 1.29 is 5.11 Å². The van der Waals surface area contributed by atoms with Crippen molar-refractivity contribution in [3.63, 3.8) is 0 Å². The first-order valence-electron chi connectivity index (χ1n) is 4.06.